The Bertz CT molecular complexity index is 338. The first-order valence-corrected chi connectivity index (χ1v) is 4.83. The first-order valence-electron chi connectivity index (χ1n) is 4.83. The van der Waals surface area contributed by atoms with Crippen molar-refractivity contribution in [1.82, 2.24) is 0 Å². The maximum atomic E-state index is 9.36. The van der Waals surface area contributed by atoms with Crippen molar-refractivity contribution in [1.29, 1.82) is 0 Å². The molecule has 0 saturated carbocycles. The Balaban J connectivity index is 2.21. The number of hydrogen-bond acceptors (Lipinski definition) is 2. The predicted octanol–water partition coefficient (Wildman–Crippen LogP) is 2.23. The summed E-state index contributed by atoms with van der Waals surface area (Å²) >= 11 is 0. The summed E-state index contributed by atoms with van der Waals surface area (Å²) in [4.78, 5) is 0. The number of rotatable bonds is 2. The Morgan fingerprint density at radius 1 is 1.29 bits per heavy atom. The third kappa shape index (κ3) is 1.80. The molecule has 14 heavy (non-hydrogen) atoms. The van der Waals surface area contributed by atoms with Crippen LogP contribution in [0.4, 0.5) is 0 Å². The first-order chi connectivity index (χ1) is 6.79. The summed E-state index contributed by atoms with van der Waals surface area (Å²) < 4.78 is 5.08. The lowest BCUT2D eigenvalue weighted by Gasteiger charge is -2.03. The van der Waals surface area contributed by atoms with E-state index in [0.717, 1.165) is 18.6 Å². The summed E-state index contributed by atoms with van der Waals surface area (Å²) in [7, 11) is 1.66. The average molecular weight is 190 g/mol. The van der Waals surface area contributed by atoms with Crippen LogP contribution in [0.3, 0.4) is 0 Å². The van der Waals surface area contributed by atoms with Crippen molar-refractivity contribution >= 4 is 5.57 Å². The van der Waals surface area contributed by atoms with Gasteiger partial charge in [0, 0.05) is 0 Å². The van der Waals surface area contributed by atoms with E-state index in [4.69, 9.17) is 4.74 Å². The van der Waals surface area contributed by atoms with Gasteiger partial charge in [0.2, 0.25) is 0 Å². The molecule has 0 saturated heterocycles. The highest BCUT2D eigenvalue weighted by molar-refractivity contribution is 5.68. The topological polar surface area (TPSA) is 29.5 Å². The predicted molar refractivity (Wildman–Crippen MR) is 56.2 cm³/mol. The van der Waals surface area contributed by atoms with Gasteiger partial charge in [-0.25, -0.2) is 0 Å². The van der Waals surface area contributed by atoms with Crippen molar-refractivity contribution < 1.29 is 9.84 Å². The number of hydrogen-bond donors (Lipinski definition) is 1. The van der Waals surface area contributed by atoms with E-state index < -0.39 is 0 Å². The molecule has 1 unspecified atom stereocenters. The van der Waals surface area contributed by atoms with Gasteiger partial charge in [0.1, 0.15) is 5.75 Å². The van der Waals surface area contributed by atoms with Crippen LogP contribution in [-0.2, 0) is 0 Å². The summed E-state index contributed by atoms with van der Waals surface area (Å²) in [5.74, 6) is 0.868. The zero-order chi connectivity index (χ0) is 9.97. The fourth-order valence-corrected chi connectivity index (χ4v) is 1.75. The molecule has 0 amide bonds. The highest BCUT2D eigenvalue weighted by Crippen LogP contribution is 2.28. The van der Waals surface area contributed by atoms with Crippen molar-refractivity contribution in [2.24, 2.45) is 0 Å². The van der Waals surface area contributed by atoms with Gasteiger partial charge in [-0.05, 0) is 36.1 Å². The van der Waals surface area contributed by atoms with Crippen LogP contribution >= 0.6 is 0 Å². The molecule has 0 radical (unpaired) electrons. The Hall–Kier alpha value is -1.28. The maximum absolute atomic E-state index is 9.36. The van der Waals surface area contributed by atoms with E-state index in [1.54, 1.807) is 7.11 Å². The molecule has 74 valence electrons. The zero-order valence-corrected chi connectivity index (χ0v) is 8.23. The molecular weight excluding hydrogens is 176 g/mol. The van der Waals surface area contributed by atoms with Gasteiger partial charge in [0.25, 0.3) is 0 Å². The molecule has 1 atom stereocenters. The monoisotopic (exact) mass is 190 g/mol. The van der Waals surface area contributed by atoms with Crippen molar-refractivity contribution in [3.05, 3.63) is 35.9 Å². The van der Waals surface area contributed by atoms with Crippen LogP contribution < -0.4 is 4.74 Å². The molecule has 2 nitrogen and oxygen atoms in total. The Morgan fingerprint density at radius 3 is 2.50 bits per heavy atom. The molecule has 1 aliphatic carbocycles. The third-order valence-corrected chi connectivity index (χ3v) is 2.56. The molecule has 0 heterocycles. The van der Waals surface area contributed by atoms with Gasteiger partial charge in [0.15, 0.2) is 0 Å². The van der Waals surface area contributed by atoms with E-state index in [2.05, 4.69) is 0 Å². The number of allylic oxidation sites excluding steroid dienone is 1. The molecule has 0 bridgehead atoms. The second kappa shape index (κ2) is 3.84. The Kier molecular flexibility index (Phi) is 2.55. The van der Waals surface area contributed by atoms with Crippen LogP contribution in [0.2, 0.25) is 0 Å². The third-order valence-electron chi connectivity index (χ3n) is 2.56. The standard InChI is InChI=1S/C12H14O2/c1-14-12-6-3-9(4-7-12)10-2-5-11(13)8-10/h3-4,6-8,11,13H,2,5H2,1H3. The lowest BCUT2D eigenvalue weighted by Crippen LogP contribution is -1.93. The second-order valence-corrected chi connectivity index (χ2v) is 3.53. The van der Waals surface area contributed by atoms with E-state index >= 15 is 0 Å². The van der Waals surface area contributed by atoms with Gasteiger partial charge in [-0.3, -0.25) is 0 Å². The van der Waals surface area contributed by atoms with Crippen LogP contribution in [-0.4, -0.2) is 18.3 Å². The molecule has 0 spiro atoms. The number of aliphatic hydroxyl groups is 1. The minimum Gasteiger partial charge on any atom is -0.497 e. The van der Waals surface area contributed by atoms with Gasteiger partial charge in [-0.15, -0.1) is 0 Å². The van der Waals surface area contributed by atoms with Crippen LogP contribution in [0.5, 0.6) is 5.75 Å². The quantitative estimate of drug-likeness (QED) is 0.775. The number of methoxy groups -OCH3 is 1. The molecule has 1 N–H and O–H groups in total. The van der Waals surface area contributed by atoms with Crippen molar-refractivity contribution in [2.75, 3.05) is 7.11 Å². The molecule has 0 fully saturated rings. The van der Waals surface area contributed by atoms with Crippen molar-refractivity contribution in [2.45, 2.75) is 18.9 Å². The molecular formula is C12H14O2. The lowest BCUT2D eigenvalue weighted by atomic mass is 10.1. The van der Waals surface area contributed by atoms with Gasteiger partial charge in [-0.2, -0.15) is 0 Å². The number of ether oxygens (including phenoxy) is 1. The molecule has 2 heteroatoms. The van der Waals surface area contributed by atoms with Crippen LogP contribution in [0, 0.1) is 0 Å². The van der Waals surface area contributed by atoms with E-state index in [-0.39, 0.29) is 6.10 Å². The van der Waals surface area contributed by atoms with Crippen LogP contribution in [0.1, 0.15) is 18.4 Å². The molecule has 2 rings (SSSR count). The highest BCUT2D eigenvalue weighted by Gasteiger charge is 2.13. The van der Waals surface area contributed by atoms with Gasteiger partial charge >= 0.3 is 0 Å². The van der Waals surface area contributed by atoms with Crippen molar-refractivity contribution in [3.8, 4) is 5.75 Å². The normalized spacial score (nSPS) is 20.7. The molecule has 1 aromatic carbocycles. The summed E-state index contributed by atoms with van der Waals surface area (Å²) in [6.45, 7) is 0. The van der Waals surface area contributed by atoms with Crippen molar-refractivity contribution in [3.63, 3.8) is 0 Å². The zero-order valence-electron chi connectivity index (χ0n) is 8.23. The number of benzene rings is 1. The van der Waals surface area contributed by atoms with E-state index in [9.17, 15) is 5.11 Å². The first kappa shape index (κ1) is 9.28. The maximum Gasteiger partial charge on any atom is 0.118 e. The van der Waals surface area contributed by atoms with Gasteiger partial charge < -0.3 is 9.84 Å². The summed E-state index contributed by atoms with van der Waals surface area (Å²) in [5, 5.41) is 9.36. The smallest absolute Gasteiger partial charge is 0.118 e. The van der Waals surface area contributed by atoms with Gasteiger partial charge in [0.05, 0.1) is 13.2 Å². The fraction of sp³-hybridized carbons (Fsp3) is 0.333. The van der Waals surface area contributed by atoms with E-state index in [1.165, 1.54) is 11.1 Å². The highest BCUT2D eigenvalue weighted by atomic mass is 16.5. The second-order valence-electron chi connectivity index (χ2n) is 3.53. The largest absolute Gasteiger partial charge is 0.497 e. The minimum absolute atomic E-state index is 0.257. The molecule has 0 aliphatic heterocycles. The number of aliphatic hydroxyl groups excluding tert-OH is 1. The summed E-state index contributed by atoms with van der Waals surface area (Å²) in [6, 6.07) is 7.95. The SMILES string of the molecule is COc1ccc(C2=CC(O)CC2)cc1. The van der Waals surface area contributed by atoms with E-state index in [0.29, 0.717) is 0 Å². The molecule has 1 aromatic rings. The van der Waals surface area contributed by atoms with E-state index in [1.807, 2.05) is 30.3 Å². The van der Waals surface area contributed by atoms with Crippen LogP contribution in [0.15, 0.2) is 30.3 Å². The minimum atomic E-state index is -0.257. The summed E-state index contributed by atoms with van der Waals surface area (Å²) in [6.07, 6.45) is 3.49. The summed E-state index contributed by atoms with van der Waals surface area (Å²) in [5.41, 5.74) is 2.42. The molecule has 1 aliphatic rings. The van der Waals surface area contributed by atoms with Gasteiger partial charge in [-0.1, -0.05) is 18.2 Å². The van der Waals surface area contributed by atoms with Crippen LogP contribution in [0.25, 0.3) is 5.57 Å². The lowest BCUT2D eigenvalue weighted by molar-refractivity contribution is 0.223. The Labute approximate surface area is 83.8 Å². The molecule has 0 aromatic heterocycles. The Morgan fingerprint density at radius 2 is 2.00 bits per heavy atom. The average Bonchev–Trinajstić information content (AvgIpc) is 2.65. The fourth-order valence-electron chi connectivity index (χ4n) is 1.75.